The maximum Gasteiger partial charge on any atom is 0.143 e. The predicted molar refractivity (Wildman–Crippen MR) is 113 cm³/mol. The minimum absolute atomic E-state index is 0.217. The van der Waals surface area contributed by atoms with Crippen molar-refractivity contribution >= 4 is 17.8 Å². The van der Waals surface area contributed by atoms with Gasteiger partial charge in [-0.1, -0.05) is 72.8 Å². The number of aliphatic hydroxyl groups excluding tert-OH is 2. The van der Waals surface area contributed by atoms with Gasteiger partial charge in [-0.05, 0) is 24.1 Å². The number of benzene rings is 3. The highest BCUT2D eigenvalue weighted by Crippen LogP contribution is 2.44. The van der Waals surface area contributed by atoms with Crippen LogP contribution in [0, 0.1) is 0 Å². The minimum atomic E-state index is -2.91. The van der Waals surface area contributed by atoms with Gasteiger partial charge in [-0.3, -0.25) is 0 Å². The van der Waals surface area contributed by atoms with Crippen molar-refractivity contribution in [1.82, 2.24) is 0 Å². The minimum Gasteiger partial charge on any atom is -0.497 e. The third kappa shape index (κ3) is 4.53. The van der Waals surface area contributed by atoms with E-state index in [9.17, 15) is 14.8 Å². The Hall–Kier alpha value is -2.39. The van der Waals surface area contributed by atoms with E-state index in [2.05, 4.69) is 0 Å². The summed E-state index contributed by atoms with van der Waals surface area (Å²) in [7, 11) is -1.34. The van der Waals surface area contributed by atoms with E-state index in [4.69, 9.17) is 4.74 Å². The lowest BCUT2D eigenvalue weighted by Gasteiger charge is -2.23. The first-order valence-electron chi connectivity index (χ1n) is 9.25. The summed E-state index contributed by atoms with van der Waals surface area (Å²) in [6.45, 7) is 0. The van der Waals surface area contributed by atoms with Crippen LogP contribution >= 0.6 is 7.14 Å². The normalized spacial score (nSPS) is 13.7. The molecule has 3 rings (SSSR count). The molecular weight excluding hydrogens is 371 g/mol. The first-order valence-corrected chi connectivity index (χ1v) is 11.1. The molecule has 28 heavy (non-hydrogen) atoms. The molecule has 0 spiro atoms. The van der Waals surface area contributed by atoms with Gasteiger partial charge in [-0.25, -0.2) is 0 Å². The molecule has 2 atom stereocenters. The van der Waals surface area contributed by atoms with Gasteiger partial charge in [-0.2, -0.15) is 0 Å². The van der Waals surface area contributed by atoms with Crippen LogP contribution in [0.1, 0.15) is 18.1 Å². The van der Waals surface area contributed by atoms with E-state index in [0.717, 1.165) is 10.6 Å². The molecule has 0 saturated heterocycles. The number of hydrogen-bond donors (Lipinski definition) is 2. The van der Waals surface area contributed by atoms with E-state index < -0.39 is 19.3 Å². The van der Waals surface area contributed by atoms with Gasteiger partial charge < -0.3 is 19.5 Å². The maximum atomic E-state index is 14.0. The van der Waals surface area contributed by atoms with Gasteiger partial charge in [0.2, 0.25) is 0 Å². The fourth-order valence-corrected chi connectivity index (χ4v) is 5.99. The highest BCUT2D eigenvalue weighted by Gasteiger charge is 2.29. The van der Waals surface area contributed by atoms with E-state index in [1.165, 1.54) is 0 Å². The van der Waals surface area contributed by atoms with Crippen LogP contribution in [0.5, 0.6) is 5.75 Å². The third-order valence-electron chi connectivity index (χ3n) is 4.91. The molecular formula is C23H25O4P. The van der Waals surface area contributed by atoms with Crippen molar-refractivity contribution in [3.05, 3.63) is 90.5 Å². The number of ether oxygens (including phenoxy) is 1. The van der Waals surface area contributed by atoms with Crippen molar-refractivity contribution in [3.8, 4) is 5.75 Å². The Morgan fingerprint density at radius 1 is 0.821 bits per heavy atom. The molecule has 0 fully saturated rings. The maximum absolute atomic E-state index is 14.0. The van der Waals surface area contributed by atoms with Crippen molar-refractivity contribution in [3.63, 3.8) is 0 Å². The van der Waals surface area contributed by atoms with E-state index in [1.54, 1.807) is 31.4 Å². The molecule has 5 heteroatoms. The lowest BCUT2D eigenvalue weighted by Crippen LogP contribution is -2.24. The fraction of sp³-hybridized carbons (Fsp3) is 0.217. The highest BCUT2D eigenvalue weighted by molar-refractivity contribution is 7.78. The molecule has 0 amide bonds. The van der Waals surface area contributed by atoms with Crippen molar-refractivity contribution in [2.45, 2.75) is 18.6 Å². The number of aliphatic hydroxyl groups is 2. The molecule has 3 aromatic carbocycles. The van der Waals surface area contributed by atoms with Crippen LogP contribution in [-0.2, 0) is 4.57 Å². The summed E-state index contributed by atoms with van der Waals surface area (Å²) < 4.78 is 19.1. The van der Waals surface area contributed by atoms with Crippen molar-refractivity contribution in [2.75, 3.05) is 13.3 Å². The summed E-state index contributed by atoms with van der Waals surface area (Å²) in [5, 5.41) is 22.6. The first kappa shape index (κ1) is 20.3. The molecule has 3 aromatic rings. The third-order valence-corrected chi connectivity index (χ3v) is 8.06. The molecule has 0 radical (unpaired) electrons. The van der Waals surface area contributed by atoms with Crippen LogP contribution in [-0.4, -0.2) is 29.6 Å². The van der Waals surface area contributed by atoms with Gasteiger partial charge in [0.25, 0.3) is 0 Å². The topological polar surface area (TPSA) is 66.8 Å². The van der Waals surface area contributed by atoms with Gasteiger partial charge in [0.1, 0.15) is 19.0 Å². The quantitative estimate of drug-likeness (QED) is 0.572. The molecule has 0 aliphatic rings. The fourth-order valence-electron chi connectivity index (χ4n) is 3.24. The zero-order valence-corrected chi connectivity index (χ0v) is 16.7. The molecule has 0 saturated carbocycles. The van der Waals surface area contributed by atoms with Crippen molar-refractivity contribution < 1.29 is 19.5 Å². The first-order chi connectivity index (χ1) is 13.5. The van der Waals surface area contributed by atoms with Gasteiger partial charge in [0.15, 0.2) is 0 Å². The second-order valence-corrected chi connectivity index (χ2v) is 9.67. The summed E-state index contributed by atoms with van der Waals surface area (Å²) >= 11 is 0. The Labute approximate surface area is 165 Å². The van der Waals surface area contributed by atoms with Gasteiger partial charge in [0.05, 0.1) is 13.2 Å². The van der Waals surface area contributed by atoms with Crippen LogP contribution in [0.15, 0.2) is 84.9 Å². The Balaban J connectivity index is 1.79. The SMILES string of the molecule is COc1ccc([C@H](O)[C@@H](O)CCP(=O)(c2ccccc2)c2ccccc2)cc1. The average molecular weight is 396 g/mol. The molecule has 0 aliphatic heterocycles. The second-order valence-electron chi connectivity index (χ2n) is 6.71. The molecule has 0 aliphatic carbocycles. The summed E-state index contributed by atoms with van der Waals surface area (Å²) in [4.78, 5) is 0. The monoisotopic (exact) mass is 396 g/mol. The Bertz CT molecular complexity index is 867. The standard InChI is InChI=1S/C23H25O4P/c1-27-19-14-12-18(13-15-19)23(25)22(24)16-17-28(26,20-8-4-2-5-9-20)21-10-6-3-7-11-21/h2-15,22-25H,16-17H2,1H3/t22-,23-/m0/s1. The second kappa shape index (κ2) is 9.20. The smallest absolute Gasteiger partial charge is 0.143 e. The molecule has 2 N–H and O–H groups in total. The molecule has 4 nitrogen and oxygen atoms in total. The van der Waals surface area contributed by atoms with Crippen LogP contribution in [0.2, 0.25) is 0 Å². The van der Waals surface area contributed by atoms with E-state index in [0.29, 0.717) is 11.3 Å². The van der Waals surface area contributed by atoms with Crippen LogP contribution in [0.4, 0.5) is 0 Å². The molecule has 0 heterocycles. The number of hydrogen-bond acceptors (Lipinski definition) is 4. The lowest BCUT2D eigenvalue weighted by molar-refractivity contribution is 0.0169. The largest absolute Gasteiger partial charge is 0.497 e. The molecule has 0 aromatic heterocycles. The Morgan fingerprint density at radius 2 is 1.32 bits per heavy atom. The predicted octanol–water partition coefficient (Wildman–Crippen LogP) is 3.49. The highest BCUT2D eigenvalue weighted by atomic mass is 31.2. The van der Waals surface area contributed by atoms with Crippen LogP contribution in [0.3, 0.4) is 0 Å². The molecule has 0 bridgehead atoms. The average Bonchev–Trinajstić information content (AvgIpc) is 2.78. The summed E-state index contributed by atoms with van der Waals surface area (Å²) in [6.07, 6.45) is -1.58. The van der Waals surface area contributed by atoms with Crippen LogP contribution < -0.4 is 15.3 Å². The summed E-state index contributed by atoms with van der Waals surface area (Å²) in [6, 6.07) is 25.6. The molecule has 146 valence electrons. The lowest BCUT2D eigenvalue weighted by atomic mass is 10.0. The Morgan fingerprint density at radius 3 is 1.79 bits per heavy atom. The van der Waals surface area contributed by atoms with Crippen molar-refractivity contribution in [2.24, 2.45) is 0 Å². The van der Waals surface area contributed by atoms with Crippen molar-refractivity contribution in [1.29, 1.82) is 0 Å². The van der Waals surface area contributed by atoms with Gasteiger partial charge in [-0.15, -0.1) is 0 Å². The van der Waals surface area contributed by atoms with Gasteiger partial charge >= 0.3 is 0 Å². The van der Waals surface area contributed by atoms with Gasteiger partial charge in [0, 0.05) is 16.8 Å². The van der Waals surface area contributed by atoms with Crippen LogP contribution in [0.25, 0.3) is 0 Å². The Kier molecular flexibility index (Phi) is 6.69. The van der Waals surface area contributed by atoms with E-state index in [-0.39, 0.29) is 12.6 Å². The zero-order chi connectivity index (χ0) is 20.0. The summed E-state index contributed by atoms with van der Waals surface area (Å²) in [5.74, 6) is 0.683. The molecule has 0 unspecified atom stereocenters. The zero-order valence-electron chi connectivity index (χ0n) is 15.8. The van der Waals surface area contributed by atoms with E-state index >= 15 is 0 Å². The van der Waals surface area contributed by atoms with E-state index in [1.807, 2.05) is 60.7 Å². The number of rotatable bonds is 8. The number of methoxy groups -OCH3 is 1. The summed E-state index contributed by atoms with van der Waals surface area (Å²) in [5.41, 5.74) is 0.600.